The van der Waals surface area contributed by atoms with E-state index in [1.54, 1.807) is 0 Å². The van der Waals surface area contributed by atoms with Gasteiger partial charge in [-0.3, -0.25) is 0 Å². The summed E-state index contributed by atoms with van der Waals surface area (Å²) in [6, 6.07) is 0. The summed E-state index contributed by atoms with van der Waals surface area (Å²) < 4.78 is 29.0. The highest BCUT2D eigenvalue weighted by atomic mass is 32.2. The second kappa shape index (κ2) is 7.03. The van der Waals surface area contributed by atoms with Crippen LogP contribution in [0.3, 0.4) is 0 Å². The Morgan fingerprint density at radius 2 is 1.61 bits per heavy atom. The number of aliphatic hydroxyl groups excluding tert-OH is 1. The minimum atomic E-state index is -3.02. The van der Waals surface area contributed by atoms with E-state index in [1.807, 2.05) is 0 Å². The minimum Gasteiger partial charge on any atom is -0.417 e. The molecule has 1 N–H and O–H groups in total. The lowest BCUT2D eigenvalue weighted by atomic mass is 10.2. The number of aliphatic hydroxyl groups is 1. The van der Waals surface area contributed by atoms with Crippen LogP contribution in [0.15, 0.2) is 0 Å². The van der Waals surface area contributed by atoms with Crippen LogP contribution in [0.2, 0.25) is 18.1 Å². The third kappa shape index (κ3) is 6.87. The summed E-state index contributed by atoms with van der Waals surface area (Å²) in [7, 11) is -4.78. The fourth-order valence-electron chi connectivity index (χ4n) is 1.21. The molecule has 0 aliphatic heterocycles. The summed E-state index contributed by atoms with van der Waals surface area (Å²) in [6.45, 7) is 11.3. The van der Waals surface area contributed by atoms with Gasteiger partial charge in [0.25, 0.3) is 0 Å². The largest absolute Gasteiger partial charge is 0.417 e. The summed E-state index contributed by atoms with van der Waals surface area (Å²) in [5.41, 5.74) is 0. The van der Waals surface area contributed by atoms with Crippen LogP contribution in [-0.4, -0.2) is 46.6 Å². The van der Waals surface area contributed by atoms with Crippen molar-refractivity contribution in [1.29, 1.82) is 0 Å². The highest BCUT2D eigenvalue weighted by molar-refractivity contribution is 7.91. The van der Waals surface area contributed by atoms with E-state index in [2.05, 4.69) is 33.9 Å². The van der Waals surface area contributed by atoms with Crippen LogP contribution in [0.5, 0.6) is 0 Å². The van der Waals surface area contributed by atoms with E-state index in [-0.39, 0.29) is 23.2 Å². The van der Waals surface area contributed by atoms with Crippen molar-refractivity contribution in [3.8, 4) is 0 Å². The first-order valence-corrected chi connectivity index (χ1v) is 11.2. The molecule has 0 bridgehead atoms. The lowest BCUT2D eigenvalue weighted by Gasteiger charge is -2.36. The highest BCUT2D eigenvalue weighted by Crippen LogP contribution is 2.36. The molecule has 0 amide bonds. The Morgan fingerprint density at radius 3 is 2.06 bits per heavy atom. The van der Waals surface area contributed by atoms with Gasteiger partial charge in [-0.15, -0.1) is 0 Å². The maximum Gasteiger partial charge on any atom is 0.191 e. The van der Waals surface area contributed by atoms with Crippen LogP contribution in [-0.2, 0) is 14.3 Å². The fourth-order valence-corrected chi connectivity index (χ4v) is 3.63. The first kappa shape index (κ1) is 18.1. The van der Waals surface area contributed by atoms with Crippen molar-refractivity contribution in [1.82, 2.24) is 0 Å². The summed E-state index contributed by atoms with van der Waals surface area (Å²) in [6.07, 6.45) is 0.867. The molecule has 0 unspecified atom stereocenters. The summed E-state index contributed by atoms with van der Waals surface area (Å²) in [4.78, 5) is 0. The molecule has 0 aromatic heterocycles. The van der Waals surface area contributed by atoms with Gasteiger partial charge >= 0.3 is 0 Å². The zero-order chi connectivity index (χ0) is 14.4. The Bertz CT molecular complexity index is 330. The molecule has 0 saturated heterocycles. The van der Waals surface area contributed by atoms with Gasteiger partial charge in [-0.1, -0.05) is 20.8 Å². The van der Waals surface area contributed by atoms with Crippen molar-refractivity contribution in [3.63, 3.8) is 0 Å². The first-order valence-electron chi connectivity index (χ1n) is 6.47. The summed E-state index contributed by atoms with van der Waals surface area (Å²) >= 11 is 0. The van der Waals surface area contributed by atoms with Crippen LogP contribution in [0, 0.1) is 0 Å². The van der Waals surface area contributed by atoms with Gasteiger partial charge in [0.2, 0.25) is 0 Å². The van der Waals surface area contributed by atoms with E-state index >= 15 is 0 Å². The van der Waals surface area contributed by atoms with E-state index < -0.39 is 18.2 Å². The van der Waals surface area contributed by atoms with Gasteiger partial charge in [0, 0.05) is 13.2 Å². The quantitative estimate of drug-likeness (QED) is 0.551. The molecule has 0 aliphatic rings. The van der Waals surface area contributed by atoms with Crippen LogP contribution in [0.25, 0.3) is 0 Å². The van der Waals surface area contributed by atoms with E-state index in [4.69, 9.17) is 9.53 Å². The monoisotopic (exact) mass is 296 g/mol. The molecule has 0 aromatic rings. The van der Waals surface area contributed by atoms with Crippen molar-refractivity contribution in [2.45, 2.75) is 51.7 Å². The minimum absolute atomic E-state index is 0.0697. The summed E-state index contributed by atoms with van der Waals surface area (Å²) in [5, 5.41) is 8.77. The summed E-state index contributed by atoms with van der Waals surface area (Å²) in [5.74, 6) is 0.227. The van der Waals surface area contributed by atoms with Gasteiger partial charge in [0.15, 0.2) is 8.32 Å². The highest BCUT2D eigenvalue weighted by Gasteiger charge is 2.36. The average Bonchev–Trinajstić information content (AvgIpc) is 2.20. The predicted octanol–water partition coefficient (Wildman–Crippen LogP) is 2.20. The number of hydrogen-bond donors (Lipinski definition) is 1. The molecule has 0 fully saturated rings. The lowest BCUT2D eigenvalue weighted by molar-refractivity contribution is 0.287. The number of hydrogen-bond acceptors (Lipinski definition) is 4. The Morgan fingerprint density at radius 1 is 1.11 bits per heavy atom. The molecule has 4 nitrogen and oxygen atoms in total. The van der Waals surface area contributed by atoms with Gasteiger partial charge < -0.3 is 9.53 Å². The second-order valence-electron chi connectivity index (χ2n) is 6.19. The number of sulfone groups is 1. The smallest absolute Gasteiger partial charge is 0.191 e. The molecular formula is C12H28O4SSi. The Labute approximate surface area is 113 Å². The van der Waals surface area contributed by atoms with Crippen LogP contribution in [0.1, 0.15) is 33.6 Å². The van der Waals surface area contributed by atoms with Crippen molar-refractivity contribution >= 4 is 18.2 Å². The van der Waals surface area contributed by atoms with E-state index in [0.29, 0.717) is 19.4 Å². The molecule has 0 aliphatic carbocycles. The first-order chi connectivity index (χ1) is 8.02. The van der Waals surface area contributed by atoms with Gasteiger partial charge in [0.1, 0.15) is 9.84 Å². The second-order valence-corrected chi connectivity index (χ2v) is 13.3. The Balaban J connectivity index is 4.01. The Hall–Kier alpha value is 0.0869. The molecule has 6 heteroatoms. The maximum absolute atomic E-state index is 11.6. The van der Waals surface area contributed by atoms with Crippen LogP contribution in [0.4, 0.5) is 0 Å². The Kier molecular flexibility index (Phi) is 7.06. The molecule has 0 atom stereocenters. The van der Waals surface area contributed by atoms with E-state index in [0.717, 1.165) is 0 Å². The topological polar surface area (TPSA) is 63.6 Å². The van der Waals surface area contributed by atoms with Crippen LogP contribution >= 0.6 is 0 Å². The van der Waals surface area contributed by atoms with E-state index in [1.165, 1.54) is 0 Å². The normalized spacial score (nSPS) is 13.9. The third-order valence-electron chi connectivity index (χ3n) is 3.48. The molecule has 0 rings (SSSR count). The van der Waals surface area contributed by atoms with Gasteiger partial charge in [-0.2, -0.15) is 0 Å². The molecule has 0 saturated carbocycles. The SMILES string of the molecule is CC(C)(C)[Si](C)(C)OCCCS(=O)(=O)CCCO. The zero-order valence-corrected chi connectivity index (χ0v) is 14.1. The van der Waals surface area contributed by atoms with Gasteiger partial charge in [0.05, 0.1) is 11.5 Å². The van der Waals surface area contributed by atoms with Crippen molar-refractivity contribution in [3.05, 3.63) is 0 Å². The molecular weight excluding hydrogens is 268 g/mol. The van der Waals surface area contributed by atoms with Crippen LogP contribution < -0.4 is 0 Å². The molecule has 18 heavy (non-hydrogen) atoms. The molecule has 110 valence electrons. The van der Waals surface area contributed by atoms with Crippen molar-refractivity contribution < 1.29 is 18.0 Å². The fraction of sp³-hybridized carbons (Fsp3) is 1.00. The standard InChI is InChI=1S/C12H28O4SSi/c1-12(2,3)18(4,5)16-9-7-11-17(14,15)10-6-8-13/h13H,6-11H2,1-5H3. The molecule has 0 radical (unpaired) electrons. The third-order valence-corrected chi connectivity index (χ3v) is 9.84. The van der Waals surface area contributed by atoms with E-state index in [9.17, 15) is 8.42 Å². The van der Waals surface area contributed by atoms with Crippen molar-refractivity contribution in [2.75, 3.05) is 24.7 Å². The van der Waals surface area contributed by atoms with Gasteiger partial charge in [-0.25, -0.2) is 8.42 Å². The predicted molar refractivity (Wildman–Crippen MR) is 78.1 cm³/mol. The molecule has 0 spiro atoms. The average molecular weight is 297 g/mol. The lowest BCUT2D eigenvalue weighted by Crippen LogP contribution is -2.41. The maximum atomic E-state index is 11.6. The number of rotatable bonds is 8. The zero-order valence-electron chi connectivity index (χ0n) is 12.3. The van der Waals surface area contributed by atoms with Crippen molar-refractivity contribution in [2.24, 2.45) is 0 Å². The molecule has 0 aromatic carbocycles. The van der Waals surface area contributed by atoms with Gasteiger partial charge in [-0.05, 0) is 31.0 Å². The molecule has 0 heterocycles.